The Labute approximate surface area is 122 Å². The van der Waals surface area contributed by atoms with Gasteiger partial charge in [0.1, 0.15) is 0 Å². The smallest absolute Gasteiger partial charge is 0.310 e. The van der Waals surface area contributed by atoms with E-state index in [2.05, 4.69) is 11.6 Å². The lowest BCUT2D eigenvalue weighted by molar-refractivity contribution is -0.151. The summed E-state index contributed by atoms with van der Waals surface area (Å²) in [7, 11) is -3.44. The fourth-order valence-corrected chi connectivity index (χ4v) is 4.39. The zero-order valence-corrected chi connectivity index (χ0v) is 13.7. The van der Waals surface area contributed by atoms with Crippen molar-refractivity contribution in [3.05, 3.63) is 0 Å². The maximum atomic E-state index is 12.0. The molecule has 6 heteroatoms. The highest BCUT2D eigenvalue weighted by Crippen LogP contribution is 2.38. The molecule has 20 heavy (non-hydrogen) atoms. The van der Waals surface area contributed by atoms with E-state index in [0.29, 0.717) is 18.8 Å². The topological polar surface area (TPSA) is 83.5 Å². The Kier molecular flexibility index (Phi) is 5.24. The minimum atomic E-state index is -3.44. The zero-order valence-electron chi connectivity index (χ0n) is 12.9. The molecule has 1 aliphatic rings. The van der Waals surface area contributed by atoms with Crippen LogP contribution in [0.1, 0.15) is 53.4 Å². The summed E-state index contributed by atoms with van der Waals surface area (Å²) in [5.74, 6) is -0.358. The van der Waals surface area contributed by atoms with Crippen molar-refractivity contribution in [2.75, 3.05) is 12.3 Å². The number of rotatable bonds is 5. The Morgan fingerprint density at radius 2 is 1.80 bits per heavy atom. The number of carboxylic acid groups (broad SMARTS) is 1. The third kappa shape index (κ3) is 5.05. The standard InChI is InChI=1S/C14H27NO4S/c1-11-5-7-14(8-6-11,12(16)17)9-15-20(18,19)10-13(2,3)4/h11,15H,5-10H2,1-4H3,(H,16,17). The van der Waals surface area contributed by atoms with Crippen LogP contribution < -0.4 is 4.72 Å². The van der Waals surface area contributed by atoms with E-state index in [9.17, 15) is 18.3 Å². The van der Waals surface area contributed by atoms with E-state index < -0.39 is 21.4 Å². The summed E-state index contributed by atoms with van der Waals surface area (Å²) in [6.45, 7) is 7.66. The number of aliphatic carboxylic acids is 1. The molecule has 0 aliphatic heterocycles. The average Bonchev–Trinajstić information content (AvgIpc) is 2.25. The molecule has 0 unspecified atom stereocenters. The van der Waals surface area contributed by atoms with Crippen molar-refractivity contribution in [1.29, 1.82) is 0 Å². The molecule has 0 atom stereocenters. The van der Waals surface area contributed by atoms with Gasteiger partial charge in [-0.2, -0.15) is 0 Å². The van der Waals surface area contributed by atoms with E-state index in [1.54, 1.807) is 0 Å². The van der Waals surface area contributed by atoms with Crippen molar-refractivity contribution in [1.82, 2.24) is 4.72 Å². The van der Waals surface area contributed by atoms with Crippen molar-refractivity contribution in [2.45, 2.75) is 53.4 Å². The van der Waals surface area contributed by atoms with Gasteiger partial charge in [-0.15, -0.1) is 0 Å². The summed E-state index contributed by atoms with van der Waals surface area (Å²) in [5.41, 5.74) is -1.28. The van der Waals surface area contributed by atoms with Gasteiger partial charge in [0.15, 0.2) is 0 Å². The molecule has 0 aromatic rings. The van der Waals surface area contributed by atoms with Gasteiger partial charge in [-0.1, -0.05) is 27.7 Å². The van der Waals surface area contributed by atoms with Gasteiger partial charge in [-0.3, -0.25) is 4.79 Å². The highest BCUT2D eigenvalue weighted by Gasteiger charge is 2.42. The molecule has 0 spiro atoms. The monoisotopic (exact) mass is 305 g/mol. The lowest BCUT2D eigenvalue weighted by atomic mass is 9.71. The predicted octanol–water partition coefficient (Wildman–Crippen LogP) is 2.23. The number of nitrogens with one attached hydrogen (secondary N) is 1. The fourth-order valence-electron chi connectivity index (χ4n) is 2.65. The highest BCUT2D eigenvalue weighted by molar-refractivity contribution is 7.89. The van der Waals surface area contributed by atoms with Crippen LogP contribution in [-0.4, -0.2) is 31.8 Å². The molecule has 5 nitrogen and oxygen atoms in total. The molecule has 0 heterocycles. The maximum Gasteiger partial charge on any atom is 0.310 e. The second-order valence-electron chi connectivity index (χ2n) is 7.41. The molecule has 0 aromatic carbocycles. The molecule has 0 aromatic heterocycles. The highest BCUT2D eigenvalue weighted by atomic mass is 32.2. The van der Waals surface area contributed by atoms with Crippen molar-refractivity contribution in [3.8, 4) is 0 Å². The van der Waals surface area contributed by atoms with Crippen molar-refractivity contribution < 1.29 is 18.3 Å². The summed E-state index contributed by atoms with van der Waals surface area (Å²) in [5, 5.41) is 9.47. The van der Waals surface area contributed by atoms with Crippen LogP contribution in [0.5, 0.6) is 0 Å². The van der Waals surface area contributed by atoms with Gasteiger partial charge < -0.3 is 5.11 Å². The van der Waals surface area contributed by atoms with Crippen LogP contribution in [0.25, 0.3) is 0 Å². The third-order valence-corrected chi connectivity index (χ3v) is 5.77. The first-order chi connectivity index (χ1) is 8.96. The van der Waals surface area contributed by atoms with Crippen LogP contribution in [-0.2, 0) is 14.8 Å². The van der Waals surface area contributed by atoms with Gasteiger partial charge in [0.2, 0.25) is 10.0 Å². The van der Waals surface area contributed by atoms with Crippen LogP contribution >= 0.6 is 0 Å². The Bertz CT molecular complexity index is 442. The largest absolute Gasteiger partial charge is 0.481 e. The fraction of sp³-hybridized carbons (Fsp3) is 0.929. The van der Waals surface area contributed by atoms with Crippen LogP contribution in [0.3, 0.4) is 0 Å². The van der Waals surface area contributed by atoms with Gasteiger partial charge >= 0.3 is 5.97 Å². The van der Waals surface area contributed by atoms with Crippen LogP contribution in [0.15, 0.2) is 0 Å². The molecule has 0 saturated heterocycles. The Morgan fingerprint density at radius 1 is 1.30 bits per heavy atom. The molecule has 1 saturated carbocycles. The van der Waals surface area contributed by atoms with Crippen LogP contribution in [0.4, 0.5) is 0 Å². The van der Waals surface area contributed by atoms with E-state index in [1.807, 2.05) is 20.8 Å². The van der Waals surface area contributed by atoms with Crippen LogP contribution in [0.2, 0.25) is 0 Å². The Hall–Kier alpha value is -0.620. The van der Waals surface area contributed by atoms with Gasteiger partial charge in [0.05, 0.1) is 11.2 Å². The molecule has 1 fully saturated rings. The first-order valence-corrected chi connectivity index (χ1v) is 8.82. The summed E-state index contributed by atoms with van der Waals surface area (Å²) >= 11 is 0. The van der Waals surface area contributed by atoms with Gasteiger partial charge in [-0.05, 0) is 37.0 Å². The SMILES string of the molecule is CC1CCC(CNS(=O)(=O)CC(C)(C)C)(C(=O)O)CC1. The Balaban J connectivity index is 2.72. The molecule has 1 aliphatic carbocycles. The molecule has 0 amide bonds. The van der Waals surface area contributed by atoms with Crippen molar-refractivity contribution >= 4 is 16.0 Å². The van der Waals surface area contributed by atoms with E-state index >= 15 is 0 Å². The average molecular weight is 305 g/mol. The van der Waals surface area contributed by atoms with Gasteiger partial charge in [0, 0.05) is 6.54 Å². The molecule has 0 bridgehead atoms. The quantitative estimate of drug-likeness (QED) is 0.816. The second-order valence-corrected chi connectivity index (χ2v) is 9.22. The number of hydrogen-bond donors (Lipinski definition) is 2. The summed E-state index contributed by atoms with van der Waals surface area (Å²) in [6.07, 6.45) is 2.77. The number of carbonyl (C=O) groups is 1. The minimum absolute atomic E-state index is 0.00605. The number of carboxylic acids is 1. The minimum Gasteiger partial charge on any atom is -0.481 e. The molecule has 2 N–H and O–H groups in total. The summed E-state index contributed by atoms with van der Waals surface area (Å²) in [6, 6.07) is 0. The van der Waals surface area contributed by atoms with Crippen LogP contribution in [0, 0.1) is 16.7 Å². The van der Waals surface area contributed by atoms with Gasteiger partial charge in [0.25, 0.3) is 0 Å². The second kappa shape index (κ2) is 6.02. The maximum absolute atomic E-state index is 12.0. The van der Waals surface area contributed by atoms with Crippen molar-refractivity contribution in [2.24, 2.45) is 16.7 Å². The lowest BCUT2D eigenvalue weighted by Gasteiger charge is -2.36. The predicted molar refractivity (Wildman–Crippen MR) is 78.9 cm³/mol. The molecule has 118 valence electrons. The molecule has 0 radical (unpaired) electrons. The van der Waals surface area contributed by atoms with E-state index in [1.165, 1.54) is 0 Å². The molecular formula is C14H27NO4S. The summed E-state index contributed by atoms with van der Waals surface area (Å²) < 4.78 is 26.5. The number of sulfonamides is 1. The third-order valence-electron chi connectivity index (χ3n) is 3.94. The van der Waals surface area contributed by atoms with E-state index in [0.717, 1.165) is 12.8 Å². The zero-order chi connectivity index (χ0) is 15.6. The normalized spacial score (nSPS) is 28.3. The van der Waals surface area contributed by atoms with Crippen molar-refractivity contribution in [3.63, 3.8) is 0 Å². The first-order valence-electron chi connectivity index (χ1n) is 7.17. The summed E-state index contributed by atoms with van der Waals surface area (Å²) in [4.78, 5) is 11.6. The van der Waals surface area contributed by atoms with Gasteiger partial charge in [-0.25, -0.2) is 13.1 Å². The number of hydrogen-bond acceptors (Lipinski definition) is 3. The Morgan fingerprint density at radius 3 is 2.20 bits per heavy atom. The first kappa shape index (κ1) is 17.4. The van der Waals surface area contributed by atoms with E-state index in [4.69, 9.17) is 0 Å². The molecular weight excluding hydrogens is 278 g/mol. The molecule has 1 rings (SSSR count). The van der Waals surface area contributed by atoms with E-state index in [-0.39, 0.29) is 17.7 Å². The lowest BCUT2D eigenvalue weighted by Crippen LogP contribution is -2.46.